The largest absolute Gasteiger partial charge is 0.488 e. The van der Waals surface area contributed by atoms with Gasteiger partial charge in [-0.15, -0.1) is 0 Å². The molecule has 4 rings (SSSR count). The highest BCUT2D eigenvalue weighted by molar-refractivity contribution is 6.39. The number of anilines is 1. The maximum Gasteiger partial charge on any atom is 0.335 e. The number of amides is 4. The number of para-hydroxylation sites is 1. The number of hydrogen-bond acceptors (Lipinski definition) is 4. The quantitative estimate of drug-likeness (QED) is 0.458. The average molecular weight is 444 g/mol. The van der Waals surface area contributed by atoms with E-state index in [4.69, 9.17) is 4.74 Å². The minimum absolute atomic E-state index is 0.174. The second kappa shape index (κ2) is 9.08. The molecule has 0 bridgehead atoms. The molecular weight excluding hydrogens is 423 g/mol. The van der Waals surface area contributed by atoms with Crippen molar-refractivity contribution >= 4 is 29.6 Å². The number of carbonyl (C=O) groups is 3. The van der Waals surface area contributed by atoms with Crippen LogP contribution in [0.3, 0.4) is 0 Å². The number of halogens is 1. The summed E-state index contributed by atoms with van der Waals surface area (Å²) in [7, 11) is 0. The van der Waals surface area contributed by atoms with Gasteiger partial charge in [0.1, 0.15) is 23.7 Å². The van der Waals surface area contributed by atoms with Gasteiger partial charge in [0.2, 0.25) is 0 Å². The molecule has 3 aromatic carbocycles. The molecule has 33 heavy (non-hydrogen) atoms. The van der Waals surface area contributed by atoms with Gasteiger partial charge in [0.25, 0.3) is 11.8 Å². The Morgan fingerprint density at radius 2 is 1.70 bits per heavy atom. The van der Waals surface area contributed by atoms with Crippen LogP contribution >= 0.6 is 0 Å². The van der Waals surface area contributed by atoms with Gasteiger partial charge in [0.05, 0.1) is 5.69 Å². The van der Waals surface area contributed by atoms with Crippen LogP contribution in [-0.2, 0) is 16.2 Å². The molecule has 0 atom stereocenters. The molecule has 0 aliphatic carbocycles. The molecule has 0 unspecified atom stereocenters. The molecule has 0 radical (unpaired) electrons. The third-order valence-corrected chi connectivity index (χ3v) is 5.23. The lowest BCUT2D eigenvalue weighted by atomic mass is 10.0. The Balaban J connectivity index is 1.66. The second-order valence-electron chi connectivity index (χ2n) is 7.70. The highest BCUT2D eigenvalue weighted by Gasteiger charge is 2.37. The summed E-state index contributed by atoms with van der Waals surface area (Å²) in [5, 5.41) is 2.24. The van der Waals surface area contributed by atoms with Crippen molar-refractivity contribution in [2.24, 2.45) is 0 Å². The van der Waals surface area contributed by atoms with E-state index in [0.29, 0.717) is 17.0 Å². The Morgan fingerprint density at radius 3 is 2.45 bits per heavy atom. The molecular formula is C26H21FN2O4. The van der Waals surface area contributed by atoms with Crippen LogP contribution in [0, 0.1) is 19.7 Å². The van der Waals surface area contributed by atoms with Crippen LogP contribution in [0.5, 0.6) is 5.75 Å². The first kappa shape index (κ1) is 22.0. The van der Waals surface area contributed by atoms with Gasteiger partial charge >= 0.3 is 6.03 Å². The van der Waals surface area contributed by atoms with E-state index >= 15 is 0 Å². The maximum atomic E-state index is 13.2. The molecule has 1 aliphatic rings. The molecule has 7 heteroatoms. The normalized spacial score (nSPS) is 15.1. The summed E-state index contributed by atoms with van der Waals surface area (Å²) < 4.78 is 19.0. The number of ether oxygens (including phenoxy) is 1. The molecule has 0 aromatic heterocycles. The number of aryl methyl sites for hydroxylation is 2. The van der Waals surface area contributed by atoms with Gasteiger partial charge in [-0.05, 0) is 60.9 Å². The lowest BCUT2D eigenvalue weighted by Gasteiger charge is -2.28. The smallest absolute Gasteiger partial charge is 0.335 e. The van der Waals surface area contributed by atoms with E-state index in [1.54, 1.807) is 49.4 Å². The lowest BCUT2D eigenvalue weighted by Crippen LogP contribution is -2.54. The number of benzene rings is 3. The number of imide groups is 2. The summed E-state index contributed by atoms with van der Waals surface area (Å²) in [5.74, 6) is -1.40. The summed E-state index contributed by atoms with van der Waals surface area (Å²) in [4.78, 5) is 39.3. The van der Waals surface area contributed by atoms with Crippen LogP contribution in [-0.4, -0.2) is 17.8 Å². The Hall–Kier alpha value is -4.26. The van der Waals surface area contributed by atoms with E-state index in [-0.39, 0.29) is 18.0 Å². The van der Waals surface area contributed by atoms with E-state index in [0.717, 1.165) is 21.6 Å². The summed E-state index contributed by atoms with van der Waals surface area (Å²) in [5.41, 5.74) is 3.08. The third kappa shape index (κ3) is 4.67. The number of barbiturate groups is 1. The highest BCUT2D eigenvalue weighted by Crippen LogP contribution is 2.28. The van der Waals surface area contributed by atoms with Crippen molar-refractivity contribution in [1.29, 1.82) is 0 Å². The predicted octanol–water partition coefficient (Wildman–Crippen LogP) is 4.69. The SMILES string of the molecule is Cc1ccc(C)c(N2C(=O)NC(=O)/C(=C\c3ccccc3OCc3ccc(F)cc3)C2=O)c1. The molecule has 1 fully saturated rings. The molecule has 0 spiro atoms. The van der Waals surface area contributed by atoms with Crippen molar-refractivity contribution in [3.05, 3.63) is 100 Å². The number of urea groups is 1. The minimum Gasteiger partial charge on any atom is -0.488 e. The van der Waals surface area contributed by atoms with E-state index in [1.807, 2.05) is 19.1 Å². The predicted molar refractivity (Wildman–Crippen MR) is 122 cm³/mol. The topological polar surface area (TPSA) is 75.7 Å². The number of nitrogens with one attached hydrogen (secondary N) is 1. The van der Waals surface area contributed by atoms with E-state index in [9.17, 15) is 18.8 Å². The number of rotatable bonds is 5. The standard InChI is InChI=1S/C26H21FN2O4/c1-16-7-8-17(2)22(13-16)29-25(31)21(24(30)28-26(29)32)14-19-5-3-4-6-23(19)33-15-18-9-11-20(27)12-10-18/h3-14H,15H2,1-2H3,(H,28,30,32)/b21-14+. The van der Waals surface area contributed by atoms with Crippen LogP contribution in [0.15, 0.2) is 72.3 Å². The highest BCUT2D eigenvalue weighted by atomic mass is 19.1. The Morgan fingerprint density at radius 1 is 0.970 bits per heavy atom. The number of hydrogen-bond donors (Lipinski definition) is 1. The average Bonchev–Trinajstić information content (AvgIpc) is 2.79. The Labute approximate surface area is 190 Å². The van der Waals surface area contributed by atoms with Gasteiger partial charge in [0, 0.05) is 5.56 Å². The van der Waals surface area contributed by atoms with Crippen molar-refractivity contribution in [2.75, 3.05) is 4.90 Å². The third-order valence-electron chi connectivity index (χ3n) is 5.23. The second-order valence-corrected chi connectivity index (χ2v) is 7.70. The van der Waals surface area contributed by atoms with E-state index in [1.165, 1.54) is 18.2 Å². The molecule has 1 heterocycles. The van der Waals surface area contributed by atoms with Crippen LogP contribution in [0.1, 0.15) is 22.3 Å². The van der Waals surface area contributed by atoms with Crippen molar-refractivity contribution in [3.63, 3.8) is 0 Å². The van der Waals surface area contributed by atoms with Crippen LogP contribution < -0.4 is 15.0 Å². The molecule has 4 amide bonds. The van der Waals surface area contributed by atoms with Gasteiger partial charge in [-0.2, -0.15) is 0 Å². The molecule has 6 nitrogen and oxygen atoms in total. The van der Waals surface area contributed by atoms with Crippen molar-refractivity contribution in [2.45, 2.75) is 20.5 Å². The monoisotopic (exact) mass is 444 g/mol. The molecule has 0 saturated carbocycles. The molecule has 1 saturated heterocycles. The van der Waals surface area contributed by atoms with Gasteiger partial charge in [-0.25, -0.2) is 14.1 Å². The van der Waals surface area contributed by atoms with Gasteiger partial charge in [-0.1, -0.05) is 42.5 Å². The maximum absolute atomic E-state index is 13.2. The fraction of sp³-hybridized carbons (Fsp3) is 0.115. The Kier molecular flexibility index (Phi) is 6.04. The number of nitrogens with zero attached hydrogens (tertiary/aromatic N) is 1. The molecule has 3 aromatic rings. The Bertz CT molecular complexity index is 1280. The van der Waals surface area contributed by atoms with Gasteiger partial charge < -0.3 is 4.74 Å². The van der Waals surface area contributed by atoms with Crippen LogP contribution in [0.2, 0.25) is 0 Å². The first-order valence-electron chi connectivity index (χ1n) is 10.3. The lowest BCUT2D eigenvalue weighted by molar-refractivity contribution is -0.122. The zero-order valence-electron chi connectivity index (χ0n) is 18.1. The minimum atomic E-state index is -0.795. The fourth-order valence-electron chi connectivity index (χ4n) is 3.47. The zero-order valence-corrected chi connectivity index (χ0v) is 18.1. The summed E-state index contributed by atoms with van der Waals surface area (Å²) in [6.45, 7) is 3.81. The zero-order chi connectivity index (χ0) is 23.5. The molecule has 166 valence electrons. The fourth-order valence-corrected chi connectivity index (χ4v) is 3.47. The summed E-state index contributed by atoms with van der Waals surface area (Å²) in [6.07, 6.45) is 1.40. The van der Waals surface area contributed by atoms with Gasteiger partial charge in [-0.3, -0.25) is 14.9 Å². The molecule has 1 N–H and O–H groups in total. The van der Waals surface area contributed by atoms with Crippen molar-refractivity contribution < 1.29 is 23.5 Å². The first-order valence-corrected chi connectivity index (χ1v) is 10.3. The molecule has 1 aliphatic heterocycles. The number of carbonyl (C=O) groups excluding carboxylic acids is 3. The van der Waals surface area contributed by atoms with Crippen molar-refractivity contribution in [1.82, 2.24) is 5.32 Å². The van der Waals surface area contributed by atoms with Crippen molar-refractivity contribution in [3.8, 4) is 5.75 Å². The van der Waals surface area contributed by atoms with Crippen LogP contribution in [0.4, 0.5) is 14.9 Å². The van der Waals surface area contributed by atoms with Gasteiger partial charge in [0.15, 0.2) is 0 Å². The van der Waals surface area contributed by atoms with E-state index in [2.05, 4.69) is 5.32 Å². The summed E-state index contributed by atoms with van der Waals surface area (Å²) >= 11 is 0. The van der Waals surface area contributed by atoms with Crippen LogP contribution in [0.25, 0.3) is 6.08 Å². The first-order chi connectivity index (χ1) is 15.8. The summed E-state index contributed by atoms with van der Waals surface area (Å²) in [6, 6.07) is 17.4. The van der Waals surface area contributed by atoms with E-state index < -0.39 is 17.8 Å².